The second-order valence-electron chi connectivity index (χ2n) is 13.8. The Morgan fingerprint density at radius 1 is 0.438 bits per heavy atom. The summed E-state index contributed by atoms with van der Waals surface area (Å²) >= 11 is 0. The lowest BCUT2D eigenvalue weighted by Crippen LogP contribution is -2.43. The molecule has 2 rings (SSSR count). The molecule has 3 nitrogen and oxygen atoms in total. The van der Waals surface area contributed by atoms with Crippen molar-refractivity contribution in [3.63, 3.8) is 0 Å². The molecule has 0 saturated heterocycles. The highest BCUT2D eigenvalue weighted by Crippen LogP contribution is 2.42. The third kappa shape index (κ3) is 7.46. The highest BCUT2D eigenvalue weighted by molar-refractivity contribution is 6.91. The van der Waals surface area contributed by atoms with Crippen LogP contribution in [0.5, 0.6) is 11.5 Å². The summed E-state index contributed by atoms with van der Waals surface area (Å²) in [6.45, 7) is 22.9. The molecule has 1 N–H and O–H groups in total. The minimum absolute atomic E-state index is 0.000511. The Bertz CT molecular complexity index is 1570. The van der Waals surface area contributed by atoms with E-state index in [1.165, 1.54) is 0 Å². The number of rotatable bonds is 10. The van der Waals surface area contributed by atoms with E-state index in [2.05, 4.69) is 32.2 Å². The molecule has 0 heterocycles. The van der Waals surface area contributed by atoms with Crippen LogP contribution in [0.25, 0.3) is 0 Å². The Morgan fingerprint density at radius 2 is 0.688 bits per heavy atom. The summed E-state index contributed by atoms with van der Waals surface area (Å²) in [6.07, 6.45) is 0. The van der Waals surface area contributed by atoms with Crippen molar-refractivity contribution in [2.45, 2.75) is 116 Å². The van der Waals surface area contributed by atoms with Gasteiger partial charge in [-0.3, -0.25) is 0 Å². The van der Waals surface area contributed by atoms with Gasteiger partial charge < -0.3 is 14.3 Å². The summed E-state index contributed by atoms with van der Waals surface area (Å²) < 4.78 is 129. The van der Waals surface area contributed by atoms with Gasteiger partial charge in [-0.2, -0.15) is 13.2 Å². The van der Waals surface area contributed by atoms with E-state index in [0.717, 1.165) is 0 Å². The van der Waals surface area contributed by atoms with Gasteiger partial charge in [0.1, 0.15) is 27.3 Å². The van der Waals surface area contributed by atoms with Crippen LogP contribution in [-0.4, -0.2) is 28.5 Å². The Kier molecular flexibility index (Phi) is 13.5. The second-order valence-corrected chi connectivity index (χ2v) is 24.9. The number of benzene rings is 2. The smallest absolute Gasteiger partial charge is 0.496 e. The zero-order valence-corrected chi connectivity index (χ0v) is 31.3. The van der Waals surface area contributed by atoms with Crippen LogP contribution in [0.15, 0.2) is 0 Å². The molecule has 0 fully saturated rings. The first kappa shape index (κ1) is 41.2. The molecule has 48 heavy (non-hydrogen) atoms. The van der Waals surface area contributed by atoms with Crippen LogP contribution in [0.1, 0.15) is 94.2 Å². The predicted molar refractivity (Wildman–Crippen MR) is 178 cm³/mol. The Labute approximate surface area is 281 Å². The zero-order chi connectivity index (χ0) is 37.2. The summed E-state index contributed by atoms with van der Waals surface area (Å²) in [5.74, 6) is -15.4. The Balaban J connectivity index is 2.63. The van der Waals surface area contributed by atoms with Crippen molar-refractivity contribution < 1.29 is 49.5 Å². The quantitative estimate of drug-likeness (QED) is 0.0874. The molecule has 0 amide bonds. The van der Waals surface area contributed by atoms with E-state index in [4.69, 9.17) is 0 Å². The normalized spacial score (nSPS) is 12.2. The molecule has 0 saturated carbocycles. The van der Waals surface area contributed by atoms with Gasteiger partial charge in [0.2, 0.25) is 17.5 Å². The van der Waals surface area contributed by atoms with E-state index >= 15 is 22.0 Å². The van der Waals surface area contributed by atoms with Crippen LogP contribution >= 0.6 is 0 Å². The predicted octanol–water partition coefficient (Wildman–Crippen LogP) is 10.4. The Morgan fingerprint density at radius 3 is 1.00 bits per heavy atom. The zero-order valence-electron chi connectivity index (χ0n) is 29.3. The van der Waals surface area contributed by atoms with Gasteiger partial charge in [0.05, 0.1) is 0 Å². The molecule has 0 spiro atoms. The highest BCUT2D eigenvalue weighted by atomic mass is 28.3. The molecule has 0 unspecified atom stereocenters. The lowest BCUT2D eigenvalue weighted by molar-refractivity contribution is 0.261. The van der Waals surface area contributed by atoms with Crippen molar-refractivity contribution in [2.24, 2.45) is 0 Å². The molecule has 2 aromatic rings. The third-order valence-electron chi connectivity index (χ3n) is 9.42. The maximum absolute atomic E-state index is 15.4. The molecule has 0 atom stereocenters. The molecule has 14 heteroatoms. The van der Waals surface area contributed by atoms with E-state index in [0.29, 0.717) is 0 Å². The van der Waals surface area contributed by atoms with Gasteiger partial charge in [0, 0.05) is 0 Å². The second kappa shape index (κ2) is 15.7. The average Bonchev–Trinajstić information content (AvgIpc) is 2.98. The minimum atomic E-state index is -3.06. The molecule has 264 valence electrons. The molecule has 2 aromatic carbocycles. The van der Waals surface area contributed by atoms with Crippen LogP contribution in [0, 0.1) is 69.5 Å². The Hall–Kier alpha value is -2.94. The number of hydrogen-bond acceptors (Lipinski definition) is 3. The molecular formula is C34H43BF8O3Si2. The lowest BCUT2D eigenvalue weighted by atomic mass is 10.1. The van der Waals surface area contributed by atoms with Gasteiger partial charge in [-0.05, 0) is 33.2 Å². The molecule has 0 aliphatic rings. The fraction of sp³-hybridized carbons (Fsp3) is 0.529. The van der Waals surface area contributed by atoms with Gasteiger partial charge in [-0.1, -0.05) is 94.9 Å². The summed E-state index contributed by atoms with van der Waals surface area (Å²) in [5.41, 5.74) is 3.54. The maximum Gasteiger partial charge on any atom is 0.785 e. The molecule has 0 aromatic heterocycles. The first-order valence-corrected chi connectivity index (χ1v) is 20.3. The third-order valence-corrected chi connectivity index (χ3v) is 22.0. The minimum Gasteiger partial charge on any atom is -0.496 e. The SMILES string of the molecule is CC(C)[Si](C#Cc1c(F)c(F)c(OB(O)Oc2c(F)c(F)c(F)c(C#C[Si](C(C)C)(C(C)C)C(C)C)c2F)c(F)c1F)(C(C)C)C(C)C. The van der Waals surface area contributed by atoms with E-state index in [1.807, 2.05) is 83.1 Å². The summed E-state index contributed by atoms with van der Waals surface area (Å²) in [4.78, 5) is 0. The van der Waals surface area contributed by atoms with E-state index in [9.17, 15) is 18.2 Å². The number of hydrogen-bond donors (Lipinski definition) is 1. The standard InChI is InChI=1S/C34H43BF8O3Si2/c1-17(2)47(18(3)4,19(5)6)15-13-23-26(37)30(41)34(31(42)27(23)38)46-35(44)45-33-28(39)24(25(36)29(40)32(33)43)14-16-48(20(7)8,21(9)10)22(11)12/h17-22,44H,1-12H3. The van der Waals surface area contributed by atoms with Gasteiger partial charge >= 0.3 is 7.32 Å². The monoisotopic (exact) mass is 718 g/mol. The van der Waals surface area contributed by atoms with Crippen LogP contribution in [0.4, 0.5) is 35.1 Å². The van der Waals surface area contributed by atoms with E-state index in [1.54, 1.807) is 0 Å². The average molecular weight is 719 g/mol. The van der Waals surface area contributed by atoms with Crippen molar-refractivity contribution in [3.8, 4) is 34.4 Å². The summed E-state index contributed by atoms with van der Waals surface area (Å²) in [5, 5.41) is 10.2. The molecule has 0 bridgehead atoms. The maximum atomic E-state index is 15.4. The molecule has 0 aliphatic carbocycles. The van der Waals surface area contributed by atoms with Crippen molar-refractivity contribution in [1.82, 2.24) is 0 Å². The topological polar surface area (TPSA) is 38.7 Å². The fourth-order valence-corrected chi connectivity index (χ4v) is 17.5. The van der Waals surface area contributed by atoms with Crippen LogP contribution in [0.2, 0.25) is 33.2 Å². The van der Waals surface area contributed by atoms with Gasteiger partial charge in [0.25, 0.3) is 0 Å². The number of halogens is 8. The highest BCUT2D eigenvalue weighted by Gasteiger charge is 2.43. The van der Waals surface area contributed by atoms with Crippen LogP contribution in [-0.2, 0) is 0 Å². The van der Waals surface area contributed by atoms with Crippen molar-refractivity contribution in [2.75, 3.05) is 0 Å². The van der Waals surface area contributed by atoms with Crippen molar-refractivity contribution in [3.05, 3.63) is 57.7 Å². The molecule has 0 aliphatic heterocycles. The largest absolute Gasteiger partial charge is 0.785 e. The first-order valence-electron chi connectivity index (χ1n) is 15.8. The fourth-order valence-electron chi connectivity index (χ4n) is 7.08. The van der Waals surface area contributed by atoms with Gasteiger partial charge in [-0.25, -0.2) is 22.0 Å². The van der Waals surface area contributed by atoms with Gasteiger partial charge in [-0.15, -0.1) is 11.1 Å². The first-order chi connectivity index (χ1) is 22.0. The van der Waals surface area contributed by atoms with Crippen molar-refractivity contribution >= 4 is 23.5 Å². The van der Waals surface area contributed by atoms with Gasteiger partial charge in [0.15, 0.2) is 40.6 Å². The van der Waals surface area contributed by atoms with Crippen molar-refractivity contribution in [1.29, 1.82) is 0 Å². The summed E-state index contributed by atoms with van der Waals surface area (Å²) in [7, 11) is -8.29. The van der Waals surface area contributed by atoms with Crippen LogP contribution < -0.4 is 9.31 Å². The van der Waals surface area contributed by atoms with E-state index < -0.39 is 92.6 Å². The van der Waals surface area contributed by atoms with E-state index in [-0.39, 0.29) is 33.2 Å². The van der Waals surface area contributed by atoms with Crippen LogP contribution in [0.3, 0.4) is 0 Å². The lowest BCUT2D eigenvalue weighted by Gasteiger charge is -2.38. The summed E-state index contributed by atoms with van der Waals surface area (Å²) in [6, 6.07) is 0. The molecular weight excluding hydrogens is 675 g/mol. The molecule has 0 radical (unpaired) electrons.